The fourth-order valence-corrected chi connectivity index (χ4v) is 3.27. The molecule has 3 aromatic carbocycles. The third-order valence-corrected chi connectivity index (χ3v) is 4.66. The van der Waals surface area contributed by atoms with Crippen molar-refractivity contribution in [2.24, 2.45) is 0 Å². The molecule has 1 N–H and O–H groups in total. The number of halogens is 1. The van der Waals surface area contributed by atoms with Crippen LogP contribution in [0.3, 0.4) is 0 Å². The molecule has 0 radical (unpaired) electrons. The molecule has 0 bridgehead atoms. The smallest absolute Gasteiger partial charge is 0.258 e. The van der Waals surface area contributed by atoms with Gasteiger partial charge in [0.05, 0.1) is 5.56 Å². The minimum absolute atomic E-state index is 0.0261. The van der Waals surface area contributed by atoms with Crippen molar-refractivity contribution in [2.75, 3.05) is 5.32 Å². The third-order valence-electron chi connectivity index (χ3n) is 4.40. The summed E-state index contributed by atoms with van der Waals surface area (Å²) in [6.07, 6.45) is -0.236. The summed E-state index contributed by atoms with van der Waals surface area (Å²) < 4.78 is 0. The molecule has 0 spiro atoms. The normalized spacial score (nSPS) is 16.3. The topological polar surface area (TPSA) is 32.3 Å². The molecule has 0 aliphatic carbocycles. The number of carbonyl (C=O) groups excluding carboxylic acids is 1. The maximum atomic E-state index is 13.1. The number of hydrogen-bond donors (Lipinski definition) is 1. The predicted molar refractivity (Wildman–Crippen MR) is 101 cm³/mol. The maximum absolute atomic E-state index is 13.1. The molecule has 1 atom stereocenters. The summed E-state index contributed by atoms with van der Waals surface area (Å²) in [4.78, 5) is 15.0. The second-order valence-corrected chi connectivity index (χ2v) is 6.50. The van der Waals surface area contributed by atoms with Gasteiger partial charge in [0.25, 0.3) is 5.91 Å². The zero-order valence-electron chi connectivity index (χ0n) is 13.5. The summed E-state index contributed by atoms with van der Waals surface area (Å²) in [5.74, 6) is 0.0261. The van der Waals surface area contributed by atoms with Gasteiger partial charge in [0.15, 0.2) is 0 Å². The number of nitrogens with one attached hydrogen (secondary N) is 1. The van der Waals surface area contributed by atoms with Crippen LogP contribution in [0.1, 0.15) is 27.7 Å². The molecule has 0 unspecified atom stereocenters. The first-order valence-corrected chi connectivity index (χ1v) is 8.56. The van der Waals surface area contributed by atoms with E-state index in [9.17, 15) is 4.79 Å². The summed E-state index contributed by atoms with van der Waals surface area (Å²) in [6, 6.07) is 25.3. The van der Waals surface area contributed by atoms with Crippen molar-refractivity contribution in [3.63, 3.8) is 0 Å². The zero-order chi connectivity index (χ0) is 17.2. The molecule has 1 heterocycles. The van der Waals surface area contributed by atoms with E-state index >= 15 is 0 Å². The summed E-state index contributed by atoms with van der Waals surface area (Å²) >= 11 is 6.03. The quantitative estimate of drug-likeness (QED) is 0.713. The lowest BCUT2D eigenvalue weighted by atomic mass is 10.0. The van der Waals surface area contributed by atoms with E-state index in [0.29, 0.717) is 17.1 Å². The Balaban J connectivity index is 1.75. The van der Waals surface area contributed by atoms with Crippen LogP contribution < -0.4 is 5.32 Å². The highest BCUT2D eigenvalue weighted by molar-refractivity contribution is 6.30. The Labute approximate surface area is 151 Å². The fraction of sp³-hybridized carbons (Fsp3) is 0.0952. The van der Waals surface area contributed by atoms with Crippen molar-refractivity contribution in [1.29, 1.82) is 0 Å². The molecular formula is C21H17ClN2O. The van der Waals surface area contributed by atoms with Crippen LogP contribution in [-0.2, 0) is 6.54 Å². The van der Waals surface area contributed by atoms with Crippen LogP contribution in [-0.4, -0.2) is 10.8 Å². The van der Waals surface area contributed by atoms with E-state index in [4.69, 9.17) is 11.6 Å². The average molecular weight is 349 g/mol. The maximum Gasteiger partial charge on any atom is 0.258 e. The minimum atomic E-state index is -0.236. The first-order valence-electron chi connectivity index (χ1n) is 8.18. The van der Waals surface area contributed by atoms with E-state index in [1.165, 1.54) is 0 Å². The fourth-order valence-electron chi connectivity index (χ4n) is 3.14. The van der Waals surface area contributed by atoms with Crippen LogP contribution in [0.25, 0.3) is 0 Å². The van der Waals surface area contributed by atoms with Gasteiger partial charge in [-0.2, -0.15) is 0 Å². The largest absolute Gasteiger partial charge is 0.361 e. The van der Waals surface area contributed by atoms with E-state index in [1.807, 2.05) is 83.8 Å². The Kier molecular flexibility index (Phi) is 4.16. The molecule has 0 aromatic heterocycles. The molecule has 0 fully saturated rings. The number of carbonyl (C=O) groups is 1. The molecule has 124 valence electrons. The highest BCUT2D eigenvalue weighted by Gasteiger charge is 2.32. The molecule has 0 saturated heterocycles. The lowest BCUT2D eigenvalue weighted by molar-refractivity contribution is 0.0666. The van der Waals surface area contributed by atoms with E-state index in [2.05, 4.69) is 5.32 Å². The van der Waals surface area contributed by atoms with Crippen LogP contribution in [0.15, 0.2) is 78.9 Å². The Morgan fingerprint density at radius 1 is 0.880 bits per heavy atom. The van der Waals surface area contributed by atoms with Crippen LogP contribution >= 0.6 is 11.6 Å². The molecule has 3 nitrogen and oxygen atoms in total. The number of anilines is 1. The van der Waals surface area contributed by atoms with E-state index < -0.39 is 0 Å². The van der Waals surface area contributed by atoms with Crippen LogP contribution in [0.2, 0.25) is 5.02 Å². The van der Waals surface area contributed by atoms with Gasteiger partial charge >= 0.3 is 0 Å². The highest BCUT2D eigenvalue weighted by atomic mass is 35.5. The Morgan fingerprint density at radius 2 is 1.56 bits per heavy atom. The van der Waals surface area contributed by atoms with E-state index in [1.54, 1.807) is 0 Å². The second kappa shape index (κ2) is 6.61. The average Bonchev–Trinajstić information content (AvgIpc) is 2.65. The van der Waals surface area contributed by atoms with Gasteiger partial charge in [-0.05, 0) is 35.4 Å². The van der Waals surface area contributed by atoms with Crippen molar-refractivity contribution in [3.05, 3.63) is 101 Å². The Bertz CT molecular complexity index is 893. The first-order chi connectivity index (χ1) is 12.2. The molecule has 25 heavy (non-hydrogen) atoms. The molecule has 0 saturated carbocycles. The van der Waals surface area contributed by atoms with Crippen molar-refractivity contribution < 1.29 is 4.79 Å². The number of benzene rings is 3. The number of nitrogens with zero attached hydrogens (tertiary/aromatic N) is 1. The predicted octanol–water partition coefficient (Wildman–Crippen LogP) is 5.11. The highest BCUT2D eigenvalue weighted by Crippen LogP contribution is 2.34. The van der Waals surface area contributed by atoms with Gasteiger partial charge in [-0.15, -0.1) is 0 Å². The molecule has 1 amide bonds. The second-order valence-electron chi connectivity index (χ2n) is 6.06. The van der Waals surface area contributed by atoms with Crippen molar-refractivity contribution >= 4 is 23.2 Å². The number of hydrogen-bond acceptors (Lipinski definition) is 2. The number of para-hydroxylation sites is 1. The van der Waals surface area contributed by atoms with E-state index in [0.717, 1.165) is 16.8 Å². The summed E-state index contributed by atoms with van der Waals surface area (Å²) in [5.41, 5.74) is 3.65. The molecular weight excluding hydrogens is 332 g/mol. The number of fused-ring (bicyclic) bond motifs is 1. The summed E-state index contributed by atoms with van der Waals surface area (Å²) in [7, 11) is 0. The number of amides is 1. The van der Waals surface area contributed by atoms with Gasteiger partial charge in [0.2, 0.25) is 0 Å². The van der Waals surface area contributed by atoms with E-state index in [-0.39, 0.29) is 12.1 Å². The van der Waals surface area contributed by atoms with Crippen molar-refractivity contribution in [1.82, 2.24) is 4.90 Å². The summed E-state index contributed by atoms with van der Waals surface area (Å²) in [5, 5.41) is 4.18. The molecule has 4 heteroatoms. The molecule has 1 aliphatic heterocycles. The van der Waals surface area contributed by atoms with Gasteiger partial charge < -0.3 is 10.2 Å². The lowest BCUT2D eigenvalue weighted by Crippen LogP contribution is -2.42. The number of rotatable bonds is 3. The molecule has 3 aromatic rings. The zero-order valence-corrected chi connectivity index (χ0v) is 14.3. The van der Waals surface area contributed by atoms with Crippen LogP contribution in [0.4, 0.5) is 5.69 Å². The summed E-state index contributed by atoms with van der Waals surface area (Å²) in [6.45, 7) is 0.536. The monoisotopic (exact) mass is 348 g/mol. The van der Waals surface area contributed by atoms with Crippen molar-refractivity contribution in [2.45, 2.75) is 12.7 Å². The van der Waals surface area contributed by atoms with Crippen LogP contribution in [0, 0.1) is 0 Å². The SMILES string of the molecule is O=C1c2ccccc2N[C@@H](c2ccc(Cl)cc2)N1Cc1ccccc1. The van der Waals surface area contributed by atoms with Gasteiger partial charge in [0, 0.05) is 17.3 Å². The molecule has 1 aliphatic rings. The molecule has 4 rings (SSSR count). The van der Waals surface area contributed by atoms with Crippen molar-refractivity contribution in [3.8, 4) is 0 Å². The lowest BCUT2D eigenvalue weighted by Gasteiger charge is -2.38. The standard InChI is InChI=1S/C21H17ClN2O/c22-17-12-10-16(11-13-17)20-23-19-9-5-4-8-18(19)21(25)24(20)14-15-6-2-1-3-7-15/h1-13,20,23H,14H2/t20-/m1/s1. The Morgan fingerprint density at radius 3 is 2.32 bits per heavy atom. The van der Waals surface area contributed by atoms with Gasteiger partial charge in [-0.1, -0.05) is 66.2 Å². The third kappa shape index (κ3) is 3.11. The Hall–Kier alpha value is -2.78. The van der Waals surface area contributed by atoms with Gasteiger partial charge in [0.1, 0.15) is 6.17 Å². The van der Waals surface area contributed by atoms with Crippen LogP contribution in [0.5, 0.6) is 0 Å². The van der Waals surface area contributed by atoms with Gasteiger partial charge in [-0.3, -0.25) is 4.79 Å². The first kappa shape index (κ1) is 15.7. The minimum Gasteiger partial charge on any atom is -0.361 e. The van der Waals surface area contributed by atoms with Gasteiger partial charge in [-0.25, -0.2) is 0 Å².